The van der Waals surface area contributed by atoms with Crippen LogP contribution < -0.4 is 20.6 Å². The molecule has 0 radical (unpaired) electrons. The van der Waals surface area contributed by atoms with E-state index in [4.69, 9.17) is 0 Å². The van der Waals surface area contributed by atoms with E-state index in [0.29, 0.717) is 0 Å². The fourth-order valence-electron chi connectivity index (χ4n) is 11.8. The maximum absolute atomic E-state index is 2.68. The van der Waals surface area contributed by atoms with Crippen molar-refractivity contribution in [2.75, 3.05) is 9.71 Å². The van der Waals surface area contributed by atoms with Crippen LogP contribution in [0.2, 0.25) is 0 Å². The second-order valence-corrected chi connectivity index (χ2v) is 17.7. The monoisotopic (exact) mass is 814 g/mol. The van der Waals surface area contributed by atoms with E-state index in [-0.39, 0.29) is 6.85 Å². The van der Waals surface area contributed by atoms with Crippen molar-refractivity contribution in [2.24, 2.45) is 0 Å². The van der Waals surface area contributed by atoms with Crippen molar-refractivity contribution < 1.29 is 0 Å². The zero-order valence-corrected chi connectivity index (χ0v) is 35.8. The Morgan fingerprint density at radius 3 is 1.77 bits per heavy atom. The predicted molar refractivity (Wildman–Crippen MR) is 270 cm³/mol. The van der Waals surface area contributed by atoms with E-state index in [1.165, 1.54) is 111 Å². The minimum Gasteiger partial charge on any atom is -0.376 e. The molecule has 0 bridgehead atoms. The van der Waals surface area contributed by atoms with Crippen LogP contribution in [0.5, 0.6) is 0 Å². The highest BCUT2D eigenvalue weighted by Gasteiger charge is 2.53. The molecule has 0 atom stereocenters. The van der Waals surface area contributed by atoms with Gasteiger partial charge in [0.1, 0.15) is 0 Å². The molecule has 10 aromatic rings. The molecule has 13 rings (SSSR count). The lowest BCUT2D eigenvalue weighted by molar-refractivity contribution is 0.732. The Bertz CT molecular complexity index is 3410. The second kappa shape index (κ2) is 14.1. The zero-order valence-electron chi connectivity index (χ0n) is 35.8. The van der Waals surface area contributed by atoms with Crippen LogP contribution in [0.4, 0.5) is 28.4 Å². The first-order valence-corrected chi connectivity index (χ1v) is 22.5. The SMILES string of the molecule is Cc1cccc(C)c1-c1cc2c3c(c1)N1c4ccccc4C(c4ccccc4)(c4ccccc4)c4cccc(c41)B3N(c1ccc(-c3ccccc3)cc1)c1c-2ccc2ccccc12. The smallest absolute Gasteiger partial charge is 0.333 e. The second-order valence-electron chi connectivity index (χ2n) is 17.7. The lowest BCUT2D eigenvalue weighted by Gasteiger charge is -2.52. The third-order valence-electron chi connectivity index (χ3n) is 14.3. The van der Waals surface area contributed by atoms with E-state index in [1.54, 1.807) is 0 Å². The third-order valence-corrected chi connectivity index (χ3v) is 14.3. The summed E-state index contributed by atoms with van der Waals surface area (Å²) in [6.45, 7) is 4.38. The van der Waals surface area contributed by atoms with Crippen LogP contribution in [0.25, 0.3) is 44.2 Å². The Labute approximate surface area is 375 Å². The van der Waals surface area contributed by atoms with Crippen molar-refractivity contribution in [1.82, 2.24) is 0 Å². The number of aryl methyl sites for hydroxylation is 2. The van der Waals surface area contributed by atoms with E-state index < -0.39 is 5.41 Å². The van der Waals surface area contributed by atoms with Gasteiger partial charge in [0, 0.05) is 33.7 Å². The molecule has 3 heterocycles. The first kappa shape index (κ1) is 36.7. The number of hydrogen-bond donors (Lipinski definition) is 0. The molecule has 3 heteroatoms. The molecule has 0 saturated heterocycles. The molecule has 0 N–H and O–H groups in total. The molecule has 3 aliphatic rings. The van der Waals surface area contributed by atoms with Crippen molar-refractivity contribution >= 4 is 57.0 Å². The lowest BCUT2D eigenvalue weighted by Crippen LogP contribution is -2.62. The van der Waals surface area contributed by atoms with Gasteiger partial charge < -0.3 is 9.71 Å². The summed E-state index contributed by atoms with van der Waals surface area (Å²) in [7, 11) is 0. The van der Waals surface area contributed by atoms with Crippen molar-refractivity contribution in [3.05, 3.63) is 258 Å². The number of nitrogens with zero attached hydrogens (tertiary/aromatic N) is 2. The van der Waals surface area contributed by atoms with E-state index in [1.807, 2.05) is 0 Å². The molecule has 0 aromatic heterocycles. The van der Waals surface area contributed by atoms with Crippen LogP contribution in [-0.4, -0.2) is 6.85 Å². The summed E-state index contributed by atoms with van der Waals surface area (Å²) < 4.78 is 0. The van der Waals surface area contributed by atoms with Gasteiger partial charge in [0.2, 0.25) is 0 Å². The average molecular weight is 815 g/mol. The molecule has 0 fully saturated rings. The summed E-state index contributed by atoms with van der Waals surface area (Å²) in [5, 5.41) is 2.48. The van der Waals surface area contributed by atoms with E-state index >= 15 is 0 Å². The highest BCUT2D eigenvalue weighted by atomic mass is 15.2. The molecule has 0 saturated carbocycles. The number of fused-ring (bicyclic) bond motifs is 8. The van der Waals surface area contributed by atoms with Crippen LogP contribution in [0.15, 0.2) is 224 Å². The summed E-state index contributed by atoms with van der Waals surface area (Å²) in [6.07, 6.45) is 0. The van der Waals surface area contributed by atoms with E-state index in [2.05, 4.69) is 248 Å². The number of anilines is 5. The number of rotatable bonds is 5. The highest BCUT2D eigenvalue weighted by Crippen LogP contribution is 2.60. The fraction of sp³-hybridized carbons (Fsp3) is 0.0492. The Morgan fingerprint density at radius 2 is 1.03 bits per heavy atom. The van der Waals surface area contributed by atoms with Crippen molar-refractivity contribution in [3.8, 4) is 33.4 Å². The Morgan fingerprint density at radius 1 is 0.422 bits per heavy atom. The molecule has 0 aliphatic carbocycles. The normalized spacial score (nSPS) is 13.8. The first-order valence-electron chi connectivity index (χ1n) is 22.5. The van der Waals surface area contributed by atoms with Crippen LogP contribution in [0.1, 0.15) is 33.4 Å². The van der Waals surface area contributed by atoms with Crippen LogP contribution in [-0.2, 0) is 5.41 Å². The quantitative estimate of drug-likeness (QED) is 0.160. The van der Waals surface area contributed by atoms with Crippen molar-refractivity contribution in [3.63, 3.8) is 0 Å². The maximum Gasteiger partial charge on any atom is 0.333 e. The van der Waals surface area contributed by atoms with Gasteiger partial charge in [0.25, 0.3) is 0 Å². The fourth-order valence-corrected chi connectivity index (χ4v) is 11.8. The van der Waals surface area contributed by atoms with Crippen LogP contribution >= 0.6 is 0 Å². The van der Waals surface area contributed by atoms with Gasteiger partial charge in [-0.2, -0.15) is 0 Å². The lowest BCUT2D eigenvalue weighted by atomic mass is 9.42. The summed E-state index contributed by atoms with van der Waals surface area (Å²) in [4.78, 5) is 5.32. The summed E-state index contributed by atoms with van der Waals surface area (Å²) in [5.74, 6) is 0. The summed E-state index contributed by atoms with van der Waals surface area (Å²) in [5.41, 5.74) is 23.3. The molecule has 300 valence electrons. The Hall–Kier alpha value is -7.88. The summed E-state index contributed by atoms with van der Waals surface area (Å²) >= 11 is 0. The first-order chi connectivity index (χ1) is 31.6. The molecule has 2 nitrogen and oxygen atoms in total. The number of hydrogen-bond acceptors (Lipinski definition) is 2. The van der Waals surface area contributed by atoms with E-state index in [9.17, 15) is 0 Å². The molecule has 0 amide bonds. The molecule has 10 aromatic carbocycles. The Kier molecular flexibility index (Phi) is 8.08. The van der Waals surface area contributed by atoms with Gasteiger partial charge in [-0.1, -0.05) is 194 Å². The van der Waals surface area contributed by atoms with Gasteiger partial charge in [0.15, 0.2) is 0 Å². The maximum atomic E-state index is 2.68. The minimum atomic E-state index is -0.590. The van der Waals surface area contributed by atoms with Gasteiger partial charge in [-0.05, 0) is 122 Å². The van der Waals surface area contributed by atoms with Crippen LogP contribution in [0.3, 0.4) is 0 Å². The van der Waals surface area contributed by atoms with Crippen molar-refractivity contribution in [1.29, 1.82) is 0 Å². The standard InChI is InChI=1S/C61H43BN2/c1-40-18-16-19-41(2)57(40)45-38-51-50-37-34-44-22-12-13-27-49(44)59(50)64(48-35-32-43(33-36-48)42-20-6-3-7-21-42)62-54-30-17-29-53-60(54)63(56(39-45)58(51)62)55-31-15-14-28-52(55)61(53,46-23-8-4-9-24-46)47-25-10-5-11-26-47/h3-39H,1-2H3. The molecule has 64 heavy (non-hydrogen) atoms. The zero-order chi connectivity index (χ0) is 42.5. The van der Waals surface area contributed by atoms with Gasteiger partial charge >= 0.3 is 6.85 Å². The summed E-state index contributed by atoms with van der Waals surface area (Å²) in [6, 6.07) is 84.2. The molecule has 3 aliphatic heterocycles. The predicted octanol–water partition coefficient (Wildman–Crippen LogP) is 14.2. The number of para-hydroxylation sites is 2. The Balaban J connectivity index is 1.19. The van der Waals surface area contributed by atoms with Gasteiger partial charge in [-0.3, -0.25) is 0 Å². The molecule has 0 unspecified atom stereocenters. The van der Waals surface area contributed by atoms with Crippen molar-refractivity contribution in [2.45, 2.75) is 19.3 Å². The minimum absolute atomic E-state index is 0.140. The average Bonchev–Trinajstić information content (AvgIpc) is 3.35. The highest BCUT2D eigenvalue weighted by molar-refractivity contribution is 6.94. The topological polar surface area (TPSA) is 6.48 Å². The van der Waals surface area contributed by atoms with Crippen LogP contribution in [0, 0.1) is 13.8 Å². The van der Waals surface area contributed by atoms with Gasteiger partial charge in [-0.25, -0.2) is 0 Å². The largest absolute Gasteiger partial charge is 0.376 e. The van der Waals surface area contributed by atoms with E-state index in [0.717, 1.165) is 5.69 Å². The third kappa shape index (κ3) is 5.10. The molecular formula is C61H43BN2. The number of benzene rings is 10. The molecular weight excluding hydrogens is 771 g/mol. The van der Waals surface area contributed by atoms with Gasteiger partial charge in [0.05, 0.1) is 11.1 Å². The molecule has 0 spiro atoms. The van der Waals surface area contributed by atoms with Gasteiger partial charge in [-0.15, -0.1) is 0 Å².